The fraction of sp³-hybridized carbons (Fsp3) is 0.312. The number of hydrogen-bond acceptors (Lipinski definition) is 2. The van der Waals surface area contributed by atoms with E-state index < -0.39 is 0 Å². The topological polar surface area (TPSA) is 42.1 Å². The van der Waals surface area contributed by atoms with E-state index in [2.05, 4.69) is 4.98 Å². The Morgan fingerprint density at radius 2 is 1.79 bits per heavy atom. The molecule has 19 heavy (non-hydrogen) atoms. The highest BCUT2D eigenvalue weighted by Gasteiger charge is 2.07. The molecule has 0 aliphatic carbocycles. The van der Waals surface area contributed by atoms with E-state index in [1.54, 1.807) is 7.11 Å². The van der Waals surface area contributed by atoms with E-state index in [0.29, 0.717) is 5.56 Å². The van der Waals surface area contributed by atoms with Crippen LogP contribution in [-0.4, -0.2) is 12.1 Å². The van der Waals surface area contributed by atoms with Gasteiger partial charge >= 0.3 is 0 Å². The Morgan fingerprint density at radius 3 is 2.37 bits per heavy atom. The number of nitrogens with one attached hydrogen (secondary N) is 1. The van der Waals surface area contributed by atoms with Crippen molar-refractivity contribution in [1.29, 1.82) is 0 Å². The van der Waals surface area contributed by atoms with E-state index in [1.165, 1.54) is 0 Å². The van der Waals surface area contributed by atoms with E-state index in [1.807, 2.05) is 51.1 Å². The molecule has 0 radical (unpaired) electrons. The predicted octanol–water partition coefficient (Wildman–Crippen LogP) is 3.37. The summed E-state index contributed by atoms with van der Waals surface area (Å²) in [6.07, 6.45) is 0.0621. The summed E-state index contributed by atoms with van der Waals surface area (Å²) in [7, 11) is 1.69. The van der Waals surface area contributed by atoms with Gasteiger partial charge in [0.2, 0.25) is 0 Å². The van der Waals surface area contributed by atoms with Crippen molar-refractivity contribution in [2.45, 2.75) is 26.9 Å². The molecule has 3 nitrogen and oxygen atoms in total. The highest BCUT2D eigenvalue weighted by atomic mass is 16.5. The second kappa shape index (κ2) is 5.41. The van der Waals surface area contributed by atoms with Crippen molar-refractivity contribution in [1.82, 2.24) is 4.98 Å². The zero-order chi connectivity index (χ0) is 14.0. The molecule has 1 aromatic heterocycles. The van der Waals surface area contributed by atoms with Crippen molar-refractivity contribution in [2.24, 2.45) is 0 Å². The Kier molecular flexibility index (Phi) is 3.86. The first kappa shape index (κ1) is 13.6. The van der Waals surface area contributed by atoms with Gasteiger partial charge in [-0.3, -0.25) is 4.79 Å². The first-order valence-electron chi connectivity index (χ1n) is 6.36. The Balaban J connectivity index is 2.43. The second-order valence-corrected chi connectivity index (χ2v) is 4.82. The van der Waals surface area contributed by atoms with Crippen LogP contribution < -0.4 is 5.56 Å². The predicted molar refractivity (Wildman–Crippen MR) is 77.4 cm³/mol. The van der Waals surface area contributed by atoms with E-state index >= 15 is 0 Å². The molecule has 0 unspecified atom stereocenters. The van der Waals surface area contributed by atoms with Gasteiger partial charge in [-0.05, 0) is 43.5 Å². The van der Waals surface area contributed by atoms with Crippen LogP contribution in [0.25, 0.3) is 11.1 Å². The Hall–Kier alpha value is -1.87. The number of aromatic amines is 1. The molecule has 0 amide bonds. The van der Waals surface area contributed by atoms with Gasteiger partial charge in [-0.1, -0.05) is 24.3 Å². The zero-order valence-corrected chi connectivity index (χ0v) is 11.8. The van der Waals surface area contributed by atoms with Crippen LogP contribution in [0.5, 0.6) is 0 Å². The second-order valence-electron chi connectivity index (χ2n) is 4.82. The van der Waals surface area contributed by atoms with Crippen molar-refractivity contribution in [3.05, 3.63) is 57.5 Å². The van der Waals surface area contributed by atoms with Gasteiger partial charge in [-0.2, -0.15) is 0 Å². The minimum Gasteiger partial charge on any atom is -0.377 e. The zero-order valence-electron chi connectivity index (χ0n) is 11.8. The van der Waals surface area contributed by atoms with E-state index in [0.717, 1.165) is 22.4 Å². The summed E-state index contributed by atoms with van der Waals surface area (Å²) in [5, 5.41) is 0. The van der Waals surface area contributed by atoms with Gasteiger partial charge in [-0.25, -0.2) is 0 Å². The minimum atomic E-state index is -0.0457. The average Bonchev–Trinajstić information content (AvgIpc) is 2.42. The number of benzene rings is 1. The maximum Gasteiger partial charge on any atom is 0.256 e. The monoisotopic (exact) mass is 257 g/mol. The number of rotatable bonds is 3. The highest BCUT2D eigenvalue weighted by Crippen LogP contribution is 2.21. The van der Waals surface area contributed by atoms with Gasteiger partial charge in [0.05, 0.1) is 6.10 Å². The first-order valence-corrected chi connectivity index (χ1v) is 6.36. The third kappa shape index (κ3) is 2.76. The van der Waals surface area contributed by atoms with Crippen LogP contribution >= 0.6 is 0 Å². The average molecular weight is 257 g/mol. The van der Waals surface area contributed by atoms with Crippen LogP contribution in [-0.2, 0) is 4.74 Å². The van der Waals surface area contributed by atoms with Crippen LogP contribution in [0.2, 0.25) is 0 Å². The summed E-state index contributed by atoms with van der Waals surface area (Å²) in [4.78, 5) is 14.9. The Morgan fingerprint density at radius 1 is 1.16 bits per heavy atom. The lowest BCUT2D eigenvalue weighted by molar-refractivity contribution is 0.119. The van der Waals surface area contributed by atoms with Gasteiger partial charge in [0.15, 0.2) is 0 Å². The molecule has 1 heterocycles. The third-order valence-corrected chi connectivity index (χ3v) is 3.54. The van der Waals surface area contributed by atoms with E-state index in [-0.39, 0.29) is 11.7 Å². The molecule has 3 heteroatoms. The Labute approximate surface area is 113 Å². The third-order valence-electron chi connectivity index (χ3n) is 3.54. The van der Waals surface area contributed by atoms with E-state index in [9.17, 15) is 4.79 Å². The fourth-order valence-electron chi connectivity index (χ4n) is 2.01. The number of aromatic nitrogens is 1. The lowest BCUT2D eigenvalue weighted by atomic mass is 10.0. The minimum absolute atomic E-state index is 0.0457. The fourth-order valence-corrected chi connectivity index (χ4v) is 2.01. The lowest BCUT2D eigenvalue weighted by Crippen LogP contribution is -2.11. The number of ether oxygens (including phenoxy) is 1. The van der Waals surface area contributed by atoms with Crippen molar-refractivity contribution >= 4 is 0 Å². The summed E-state index contributed by atoms with van der Waals surface area (Å²) in [6.45, 7) is 5.90. The summed E-state index contributed by atoms with van der Waals surface area (Å²) in [6, 6.07) is 9.85. The molecule has 2 rings (SSSR count). The smallest absolute Gasteiger partial charge is 0.256 e. The lowest BCUT2D eigenvalue weighted by Gasteiger charge is -2.10. The first-order chi connectivity index (χ1) is 9.02. The van der Waals surface area contributed by atoms with Crippen molar-refractivity contribution < 1.29 is 4.74 Å². The number of H-pyrrole nitrogens is 1. The Bertz CT molecular complexity index is 626. The van der Waals surface area contributed by atoms with Gasteiger partial charge in [-0.15, -0.1) is 0 Å². The molecule has 0 spiro atoms. The number of pyridine rings is 1. The van der Waals surface area contributed by atoms with E-state index in [4.69, 9.17) is 4.74 Å². The number of hydrogen-bond donors (Lipinski definition) is 1. The molecule has 1 atom stereocenters. The molecule has 1 N–H and O–H groups in total. The summed E-state index contributed by atoms with van der Waals surface area (Å²) >= 11 is 0. The largest absolute Gasteiger partial charge is 0.377 e. The summed E-state index contributed by atoms with van der Waals surface area (Å²) in [5.41, 5.74) is 4.69. The van der Waals surface area contributed by atoms with Crippen molar-refractivity contribution in [3.8, 4) is 11.1 Å². The number of aryl methyl sites for hydroxylation is 2. The van der Waals surface area contributed by atoms with Crippen molar-refractivity contribution in [2.75, 3.05) is 7.11 Å². The molecule has 0 saturated carbocycles. The van der Waals surface area contributed by atoms with Crippen LogP contribution in [0.3, 0.4) is 0 Å². The number of methoxy groups -OCH3 is 1. The van der Waals surface area contributed by atoms with Crippen LogP contribution in [0.1, 0.15) is 29.8 Å². The van der Waals surface area contributed by atoms with Gasteiger partial charge in [0, 0.05) is 18.4 Å². The summed E-state index contributed by atoms with van der Waals surface area (Å²) < 4.78 is 5.27. The molecule has 0 aliphatic rings. The molecule has 100 valence electrons. The molecule has 0 fully saturated rings. The van der Waals surface area contributed by atoms with Crippen LogP contribution in [0.15, 0.2) is 35.1 Å². The highest BCUT2D eigenvalue weighted by molar-refractivity contribution is 5.63. The molecule has 2 aromatic rings. The van der Waals surface area contributed by atoms with Gasteiger partial charge < -0.3 is 9.72 Å². The van der Waals surface area contributed by atoms with Crippen molar-refractivity contribution in [3.63, 3.8) is 0 Å². The van der Waals surface area contributed by atoms with Gasteiger partial charge in [0.1, 0.15) is 0 Å². The quantitative estimate of drug-likeness (QED) is 0.916. The SMILES string of the molecule is CO[C@H](C)c1ccc(-c2cc(C)c(C)[nH]c2=O)cc1. The molecule has 0 saturated heterocycles. The van der Waals surface area contributed by atoms with Crippen LogP contribution in [0.4, 0.5) is 0 Å². The summed E-state index contributed by atoms with van der Waals surface area (Å²) in [5.74, 6) is 0. The molecular weight excluding hydrogens is 238 g/mol. The molecule has 0 bridgehead atoms. The standard InChI is InChI=1S/C16H19NO2/c1-10-9-15(16(18)17-11(10)2)14-7-5-13(6-8-14)12(3)19-4/h5-9,12H,1-4H3,(H,17,18)/t12-/m1/s1. The normalized spacial score (nSPS) is 12.4. The molecular formula is C16H19NO2. The maximum atomic E-state index is 12.0. The molecule has 1 aromatic carbocycles. The van der Waals surface area contributed by atoms with Crippen LogP contribution in [0, 0.1) is 13.8 Å². The maximum absolute atomic E-state index is 12.0. The molecule has 0 aliphatic heterocycles. The van der Waals surface area contributed by atoms with Gasteiger partial charge in [0.25, 0.3) is 5.56 Å².